The Hall–Kier alpha value is -2.41. The van der Waals surface area contributed by atoms with Gasteiger partial charge >= 0.3 is 0 Å². The molecule has 0 aliphatic carbocycles. The molecule has 2 aromatic rings. The van der Waals surface area contributed by atoms with Gasteiger partial charge in [0.1, 0.15) is 0 Å². The third-order valence-electron chi connectivity index (χ3n) is 5.25. The fourth-order valence-corrected chi connectivity index (χ4v) is 3.46. The first-order valence-electron chi connectivity index (χ1n) is 9.94. The number of rotatable bonds is 7. The standard InChI is InChI=1S/C20H31N7/c1-5-25-10-12-27(13-11-25)20-23-19(15-21-24-20)22-18-9-8-17(14-16(18)4)26(6-2)7-3/h8-9,14-15H,5-7,10-13H2,1-4H3,(H,22,23,24). The van der Waals surface area contributed by atoms with Crippen molar-refractivity contribution in [1.82, 2.24) is 20.1 Å². The van der Waals surface area contributed by atoms with Gasteiger partial charge in [-0.3, -0.25) is 0 Å². The van der Waals surface area contributed by atoms with Gasteiger partial charge in [-0.15, -0.1) is 5.10 Å². The minimum absolute atomic E-state index is 0.702. The molecule has 1 N–H and O–H groups in total. The minimum Gasteiger partial charge on any atom is -0.372 e. The van der Waals surface area contributed by atoms with Gasteiger partial charge in [0, 0.05) is 50.6 Å². The van der Waals surface area contributed by atoms with Crippen LogP contribution in [-0.4, -0.2) is 65.9 Å². The van der Waals surface area contributed by atoms with Gasteiger partial charge in [-0.05, 0) is 51.1 Å². The lowest BCUT2D eigenvalue weighted by Gasteiger charge is -2.33. The molecule has 1 fully saturated rings. The molecule has 7 heteroatoms. The van der Waals surface area contributed by atoms with E-state index in [0.717, 1.165) is 57.3 Å². The first kappa shape index (κ1) is 19.4. The summed E-state index contributed by atoms with van der Waals surface area (Å²) in [5.41, 5.74) is 3.49. The number of hydrogen-bond donors (Lipinski definition) is 1. The summed E-state index contributed by atoms with van der Waals surface area (Å²) < 4.78 is 0. The molecule has 1 aromatic carbocycles. The van der Waals surface area contributed by atoms with E-state index in [1.807, 2.05) is 0 Å². The molecule has 1 aromatic heterocycles. The quantitative estimate of drug-likeness (QED) is 0.805. The van der Waals surface area contributed by atoms with Gasteiger partial charge in [0.2, 0.25) is 5.95 Å². The molecule has 0 radical (unpaired) electrons. The van der Waals surface area contributed by atoms with E-state index < -0.39 is 0 Å². The Balaban J connectivity index is 1.71. The molecule has 1 aliphatic heterocycles. The highest BCUT2D eigenvalue weighted by Gasteiger charge is 2.18. The summed E-state index contributed by atoms with van der Waals surface area (Å²) in [5.74, 6) is 1.43. The molecule has 0 saturated carbocycles. The summed E-state index contributed by atoms with van der Waals surface area (Å²) in [5, 5.41) is 11.8. The van der Waals surface area contributed by atoms with E-state index >= 15 is 0 Å². The second-order valence-corrected chi connectivity index (χ2v) is 6.86. The Bertz CT molecular complexity index is 737. The van der Waals surface area contributed by atoms with E-state index in [9.17, 15) is 0 Å². The van der Waals surface area contributed by atoms with Crippen molar-refractivity contribution < 1.29 is 0 Å². The van der Waals surface area contributed by atoms with Crippen LogP contribution >= 0.6 is 0 Å². The average molecular weight is 370 g/mol. The molecule has 2 heterocycles. The Kier molecular flexibility index (Phi) is 6.45. The number of likely N-dealkylation sites (N-methyl/N-ethyl adjacent to an activating group) is 1. The monoisotopic (exact) mass is 369 g/mol. The van der Waals surface area contributed by atoms with Crippen LogP contribution in [0.4, 0.5) is 23.1 Å². The van der Waals surface area contributed by atoms with E-state index in [-0.39, 0.29) is 0 Å². The highest BCUT2D eigenvalue weighted by Crippen LogP contribution is 2.25. The van der Waals surface area contributed by atoms with Crippen LogP contribution in [0.15, 0.2) is 24.4 Å². The van der Waals surface area contributed by atoms with Crippen molar-refractivity contribution in [3.8, 4) is 0 Å². The third-order valence-corrected chi connectivity index (χ3v) is 5.25. The Labute approximate surface area is 162 Å². The molecule has 0 amide bonds. The van der Waals surface area contributed by atoms with Gasteiger partial charge in [0.25, 0.3) is 0 Å². The van der Waals surface area contributed by atoms with Crippen LogP contribution in [0.2, 0.25) is 0 Å². The fourth-order valence-electron chi connectivity index (χ4n) is 3.46. The zero-order chi connectivity index (χ0) is 19.2. The number of nitrogens with zero attached hydrogens (tertiary/aromatic N) is 6. The molecule has 1 saturated heterocycles. The van der Waals surface area contributed by atoms with Gasteiger partial charge in [0.15, 0.2) is 5.82 Å². The smallest absolute Gasteiger partial charge is 0.247 e. The number of benzene rings is 1. The van der Waals surface area contributed by atoms with Crippen molar-refractivity contribution in [2.24, 2.45) is 0 Å². The summed E-state index contributed by atoms with van der Waals surface area (Å²) in [6, 6.07) is 6.49. The van der Waals surface area contributed by atoms with Crippen LogP contribution in [0, 0.1) is 6.92 Å². The molecule has 0 spiro atoms. The molecule has 0 unspecified atom stereocenters. The van der Waals surface area contributed by atoms with Crippen molar-refractivity contribution in [2.45, 2.75) is 27.7 Å². The van der Waals surface area contributed by atoms with Crippen LogP contribution < -0.4 is 15.1 Å². The van der Waals surface area contributed by atoms with Gasteiger partial charge in [-0.2, -0.15) is 10.1 Å². The summed E-state index contributed by atoms with van der Waals surface area (Å²) in [6.07, 6.45) is 1.68. The van der Waals surface area contributed by atoms with Crippen LogP contribution in [0.5, 0.6) is 0 Å². The zero-order valence-corrected chi connectivity index (χ0v) is 16.9. The molecular weight excluding hydrogens is 338 g/mol. The van der Waals surface area contributed by atoms with Crippen molar-refractivity contribution in [1.29, 1.82) is 0 Å². The molecule has 1 aliphatic rings. The third kappa shape index (κ3) is 4.66. The Morgan fingerprint density at radius 1 is 1.07 bits per heavy atom. The largest absolute Gasteiger partial charge is 0.372 e. The number of anilines is 4. The maximum atomic E-state index is 4.69. The van der Waals surface area contributed by atoms with Gasteiger partial charge < -0.3 is 20.0 Å². The molecule has 27 heavy (non-hydrogen) atoms. The second-order valence-electron chi connectivity index (χ2n) is 6.86. The Morgan fingerprint density at radius 3 is 2.44 bits per heavy atom. The van der Waals surface area contributed by atoms with Crippen molar-refractivity contribution >= 4 is 23.1 Å². The van der Waals surface area contributed by atoms with Crippen LogP contribution in [0.3, 0.4) is 0 Å². The molecule has 0 bridgehead atoms. The highest BCUT2D eigenvalue weighted by molar-refractivity contribution is 5.65. The molecule has 7 nitrogen and oxygen atoms in total. The van der Waals surface area contributed by atoms with Crippen molar-refractivity contribution in [3.63, 3.8) is 0 Å². The van der Waals surface area contributed by atoms with E-state index in [1.54, 1.807) is 6.20 Å². The summed E-state index contributed by atoms with van der Waals surface area (Å²) in [6.45, 7) is 15.8. The predicted molar refractivity (Wildman–Crippen MR) is 112 cm³/mol. The SMILES string of the molecule is CCN1CCN(c2nncc(Nc3ccc(N(CC)CC)cc3C)n2)CC1. The minimum atomic E-state index is 0.702. The van der Waals surface area contributed by atoms with Gasteiger partial charge in [-0.1, -0.05) is 6.92 Å². The number of hydrogen-bond acceptors (Lipinski definition) is 7. The van der Waals surface area contributed by atoms with Crippen molar-refractivity contribution in [3.05, 3.63) is 30.0 Å². The van der Waals surface area contributed by atoms with Crippen LogP contribution in [-0.2, 0) is 0 Å². The molecule has 146 valence electrons. The average Bonchev–Trinajstić information content (AvgIpc) is 2.71. The van der Waals surface area contributed by atoms with Crippen LogP contribution in [0.25, 0.3) is 0 Å². The highest BCUT2D eigenvalue weighted by atomic mass is 15.4. The van der Waals surface area contributed by atoms with E-state index in [1.165, 1.54) is 11.3 Å². The summed E-state index contributed by atoms with van der Waals surface area (Å²) in [7, 11) is 0. The maximum absolute atomic E-state index is 4.69. The predicted octanol–water partition coefficient (Wildman–Crippen LogP) is 2.91. The van der Waals surface area contributed by atoms with Crippen LogP contribution in [0.1, 0.15) is 26.3 Å². The summed E-state index contributed by atoms with van der Waals surface area (Å²) in [4.78, 5) is 11.7. The topological polar surface area (TPSA) is 60.4 Å². The molecule has 3 rings (SSSR count). The fraction of sp³-hybridized carbons (Fsp3) is 0.550. The lowest BCUT2D eigenvalue weighted by Crippen LogP contribution is -2.46. The second kappa shape index (κ2) is 8.99. The normalized spacial score (nSPS) is 15.0. The first-order chi connectivity index (χ1) is 13.1. The number of aromatic nitrogens is 3. The number of nitrogens with one attached hydrogen (secondary N) is 1. The number of aryl methyl sites for hydroxylation is 1. The lowest BCUT2D eigenvalue weighted by atomic mass is 10.1. The van der Waals surface area contributed by atoms with Crippen molar-refractivity contribution in [2.75, 3.05) is 60.9 Å². The van der Waals surface area contributed by atoms with E-state index in [0.29, 0.717) is 5.95 Å². The van der Waals surface area contributed by atoms with Gasteiger partial charge in [0.05, 0.1) is 6.20 Å². The zero-order valence-electron chi connectivity index (χ0n) is 16.9. The maximum Gasteiger partial charge on any atom is 0.247 e. The number of piperazine rings is 1. The Morgan fingerprint density at radius 2 is 1.81 bits per heavy atom. The first-order valence-corrected chi connectivity index (χ1v) is 9.94. The summed E-state index contributed by atoms with van der Waals surface area (Å²) >= 11 is 0. The van der Waals surface area contributed by atoms with E-state index in [4.69, 9.17) is 0 Å². The van der Waals surface area contributed by atoms with Gasteiger partial charge in [-0.25, -0.2) is 0 Å². The van der Waals surface area contributed by atoms with E-state index in [2.05, 4.69) is 81.1 Å². The molecular formula is C20H31N7. The lowest BCUT2D eigenvalue weighted by molar-refractivity contribution is 0.269. The molecule has 0 atom stereocenters.